The first kappa shape index (κ1) is 26.4. The number of morpholine rings is 1. The van der Waals surface area contributed by atoms with Gasteiger partial charge < -0.3 is 15.4 Å². The molecule has 1 fully saturated rings. The predicted molar refractivity (Wildman–Crippen MR) is 131 cm³/mol. The number of hydrogen-bond donors (Lipinski definition) is 2. The molecular formula is C23H30F3IN4O. The Kier molecular flexibility index (Phi) is 10.7. The molecule has 3 rings (SSSR count). The number of nitrogens with zero attached hydrogens (tertiary/aromatic N) is 2. The van der Waals surface area contributed by atoms with E-state index in [0.29, 0.717) is 24.6 Å². The zero-order valence-corrected chi connectivity index (χ0v) is 20.5. The minimum atomic E-state index is -4.35. The van der Waals surface area contributed by atoms with Crippen LogP contribution >= 0.6 is 24.0 Å². The van der Waals surface area contributed by atoms with Crippen LogP contribution in [0.15, 0.2) is 53.5 Å². The largest absolute Gasteiger partial charge is 0.416 e. The van der Waals surface area contributed by atoms with E-state index >= 15 is 0 Å². The molecule has 0 aliphatic carbocycles. The van der Waals surface area contributed by atoms with Crippen LogP contribution in [0, 0.1) is 0 Å². The van der Waals surface area contributed by atoms with Crippen molar-refractivity contribution >= 4 is 29.9 Å². The zero-order chi connectivity index (χ0) is 22.1. The van der Waals surface area contributed by atoms with E-state index in [4.69, 9.17) is 4.74 Å². The van der Waals surface area contributed by atoms with Gasteiger partial charge in [0, 0.05) is 32.7 Å². The zero-order valence-electron chi connectivity index (χ0n) is 18.1. The fourth-order valence-electron chi connectivity index (χ4n) is 3.40. The summed E-state index contributed by atoms with van der Waals surface area (Å²) in [7, 11) is 0. The van der Waals surface area contributed by atoms with Crippen molar-refractivity contribution in [3.63, 3.8) is 0 Å². The first-order chi connectivity index (χ1) is 14.9. The Morgan fingerprint density at radius 1 is 1.00 bits per heavy atom. The van der Waals surface area contributed by atoms with Gasteiger partial charge in [-0.1, -0.05) is 36.4 Å². The van der Waals surface area contributed by atoms with Crippen LogP contribution in [0.3, 0.4) is 0 Å². The standard InChI is InChI=1S/C23H29F3N4O.HI/c1-2-27-22(29-16-19-6-4-8-21(14-19)23(24,25)26)28-15-18-5-3-7-20(13-18)17-30-9-11-31-12-10-30;/h3-8,13-14H,2,9-12,15-17H2,1H3,(H2,27,28,29);1H. The third-order valence-corrected chi connectivity index (χ3v) is 4.98. The Hall–Kier alpha value is -1.85. The molecule has 2 aromatic carbocycles. The number of alkyl halides is 3. The van der Waals surface area contributed by atoms with E-state index in [1.54, 1.807) is 6.07 Å². The van der Waals surface area contributed by atoms with Gasteiger partial charge in [-0.15, -0.1) is 24.0 Å². The summed E-state index contributed by atoms with van der Waals surface area (Å²) in [5.41, 5.74) is 2.22. The monoisotopic (exact) mass is 562 g/mol. The predicted octanol–water partition coefficient (Wildman–Crippen LogP) is 4.41. The Balaban J connectivity index is 0.00000363. The van der Waals surface area contributed by atoms with Crippen LogP contribution in [0.2, 0.25) is 0 Å². The van der Waals surface area contributed by atoms with Gasteiger partial charge in [-0.2, -0.15) is 13.2 Å². The maximum atomic E-state index is 12.9. The summed E-state index contributed by atoms with van der Waals surface area (Å²) in [6.45, 7) is 7.65. The van der Waals surface area contributed by atoms with E-state index in [1.165, 1.54) is 11.6 Å². The average Bonchev–Trinajstić information content (AvgIpc) is 2.76. The third kappa shape index (κ3) is 8.59. The van der Waals surface area contributed by atoms with Gasteiger partial charge in [-0.3, -0.25) is 4.90 Å². The number of benzene rings is 2. The van der Waals surface area contributed by atoms with Crippen molar-refractivity contribution in [3.05, 3.63) is 70.8 Å². The molecule has 0 radical (unpaired) electrons. The quantitative estimate of drug-likeness (QED) is 0.299. The minimum Gasteiger partial charge on any atom is -0.379 e. The molecule has 2 N–H and O–H groups in total. The lowest BCUT2D eigenvalue weighted by Gasteiger charge is -2.26. The van der Waals surface area contributed by atoms with Gasteiger partial charge in [0.2, 0.25) is 0 Å². The molecule has 0 saturated carbocycles. The van der Waals surface area contributed by atoms with Crippen LogP contribution in [0.4, 0.5) is 13.2 Å². The molecular weight excluding hydrogens is 532 g/mol. The van der Waals surface area contributed by atoms with Crippen molar-refractivity contribution in [2.24, 2.45) is 4.99 Å². The first-order valence-corrected chi connectivity index (χ1v) is 10.5. The molecule has 9 heteroatoms. The molecule has 0 amide bonds. The van der Waals surface area contributed by atoms with Crippen molar-refractivity contribution in [1.82, 2.24) is 15.5 Å². The van der Waals surface area contributed by atoms with Crippen LogP contribution in [-0.4, -0.2) is 43.7 Å². The van der Waals surface area contributed by atoms with Gasteiger partial charge in [0.1, 0.15) is 0 Å². The number of rotatable bonds is 7. The van der Waals surface area contributed by atoms with E-state index < -0.39 is 11.7 Å². The van der Waals surface area contributed by atoms with Gasteiger partial charge in [-0.05, 0) is 35.7 Å². The third-order valence-electron chi connectivity index (χ3n) is 4.98. The molecule has 5 nitrogen and oxygen atoms in total. The van der Waals surface area contributed by atoms with Crippen molar-refractivity contribution in [1.29, 1.82) is 0 Å². The highest BCUT2D eigenvalue weighted by molar-refractivity contribution is 14.0. The summed E-state index contributed by atoms with van der Waals surface area (Å²) in [6, 6.07) is 13.6. The summed E-state index contributed by atoms with van der Waals surface area (Å²) in [5, 5.41) is 6.26. The van der Waals surface area contributed by atoms with Crippen molar-refractivity contribution in [2.75, 3.05) is 32.8 Å². The summed E-state index contributed by atoms with van der Waals surface area (Å²) < 4.78 is 44.1. The summed E-state index contributed by atoms with van der Waals surface area (Å²) >= 11 is 0. The van der Waals surface area contributed by atoms with Gasteiger partial charge in [0.05, 0.1) is 25.3 Å². The normalized spacial score (nSPS) is 15.2. The number of guanidine groups is 1. The average molecular weight is 562 g/mol. The highest BCUT2D eigenvalue weighted by atomic mass is 127. The lowest BCUT2D eigenvalue weighted by atomic mass is 10.1. The molecule has 0 spiro atoms. The highest BCUT2D eigenvalue weighted by Gasteiger charge is 2.30. The molecule has 0 aromatic heterocycles. The van der Waals surface area contributed by atoms with Crippen LogP contribution < -0.4 is 10.6 Å². The molecule has 0 unspecified atom stereocenters. The van der Waals surface area contributed by atoms with Gasteiger partial charge in [-0.25, -0.2) is 4.99 Å². The number of nitrogens with one attached hydrogen (secondary N) is 2. The van der Waals surface area contributed by atoms with Crippen molar-refractivity contribution in [2.45, 2.75) is 32.7 Å². The lowest BCUT2D eigenvalue weighted by molar-refractivity contribution is -0.137. The Bertz CT molecular complexity index is 870. The van der Waals surface area contributed by atoms with Crippen LogP contribution in [0.25, 0.3) is 0 Å². The van der Waals surface area contributed by atoms with Crippen LogP contribution in [-0.2, 0) is 30.5 Å². The summed E-state index contributed by atoms with van der Waals surface area (Å²) in [4.78, 5) is 6.96. The Labute approximate surface area is 204 Å². The number of halogens is 4. The van der Waals surface area contributed by atoms with Gasteiger partial charge >= 0.3 is 6.18 Å². The second kappa shape index (κ2) is 13.0. The molecule has 0 bridgehead atoms. The van der Waals surface area contributed by atoms with E-state index in [9.17, 15) is 13.2 Å². The second-order valence-electron chi connectivity index (χ2n) is 7.46. The fourth-order valence-corrected chi connectivity index (χ4v) is 3.40. The summed E-state index contributed by atoms with van der Waals surface area (Å²) in [6.07, 6.45) is -4.35. The topological polar surface area (TPSA) is 48.9 Å². The SMILES string of the molecule is CCNC(=NCc1cccc(CN2CCOCC2)c1)NCc1cccc(C(F)(F)F)c1.I. The van der Waals surface area contributed by atoms with Gasteiger partial charge in [0.15, 0.2) is 5.96 Å². The molecule has 1 heterocycles. The highest BCUT2D eigenvalue weighted by Crippen LogP contribution is 2.29. The molecule has 1 saturated heterocycles. The van der Waals surface area contributed by atoms with E-state index in [2.05, 4.69) is 32.7 Å². The fraction of sp³-hybridized carbons (Fsp3) is 0.435. The van der Waals surface area contributed by atoms with Gasteiger partial charge in [0.25, 0.3) is 0 Å². The van der Waals surface area contributed by atoms with E-state index in [1.807, 2.05) is 19.1 Å². The first-order valence-electron chi connectivity index (χ1n) is 10.5. The molecule has 176 valence electrons. The second-order valence-corrected chi connectivity index (χ2v) is 7.46. The van der Waals surface area contributed by atoms with E-state index in [-0.39, 0.29) is 30.5 Å². The minimum absolute atomic E-state index is 0. The summed E-state index contributed by atoms with van der Waals surface area (Å²) in [5.74, 6) is 0.568. The van der Waals surface area contributed by atoms with Crippen molar-refractivity contribution < 1.29 is 17.9 Å². The number of aliphatic imine (C=N–C) groups is 1. The van der Waals surface area contributed by atoms with Crippen molar-refractivity contribution in [3.8, 4) is 0 Å². The molecule has 32 heavy (non-hydrogen) atoms. The lowest BCUT2D eigenvalue weighted by Crippen LogP contribution is -2.36. The molecule has 1 aliphatic rings. The molecule has 0 atom stereocenters. The van der Waals surface area contributed by atoms with Crippen LogP contribution in [0.5, 0.6) is 0 Å². The maximum absolute atomic E-state index is 12.9. The smallest absolute Gasteiger partial charge is 0.379 e. The van der Waals surface area contributed by atoms with Crippen LogP contribution in [0.1, 0.15) is 29.2 Å². The Morgan fingerprint density at radius 3 is 2.41 bits per heavy atom. The molecule has 1 aliphatic heterocycles. The maximum Gasteiger partial charge on any atom is 0.416 e. The number of ether oxygens (including phenoxy) is 1. The molecule has 2 aromatic rings. The number of hydrogen-bond acceptors (Lipinski definition) is 3. The van der Waals surface area contributed by atoms with E-state index in [0.717, 1.165) is 50.5 Å². The Morgan fingerprint density at radius 2 is 1.69 bits per heavy atom.